The van der Waals surface area contributed by atoms with E-state index in [1.165, 1.54) is 12.8 Å². The summed E-state index contributed by atoms with van der Waals surface area (Å²) in [7, 11) is 0. The van der Waals surface area contributed by atoms with Crippen LogP contribution < -0.4 is 5.73 Å². The van der Waals surface area contributed by atoms with Crippen molar-refractivity contribution in [2.45, 2.75) is 38.3 Å². The third kappa shape index (κ3) is 2.80. The van der Waals surface area contributed by atoms with Gasteiger partial charge in [-0.1, -0.05) is 12.1 Å². The Bertz CT molecular complexity index is 562. The molecule has 0 saturated carbocycles. The Morgan fingerprint density at radius 3 is 3.00 bits per heavy atom. The molecule has 1 aromatic heterocycles. The summed E-state index contributed by atoms with van der Waals surface area (Å²) in [6.45, 7) is 1.63. The third-order valence-corrected chi connectivity index (χ3v) is 3.67. The maximum absolute atomic E-state index is 5.99. The molecule has 2 aromatic rings. The number of aromatic nitrogens is 4. The van der Waals surface area contributed by atoms with E-state index in [0.29, 0.717) is 11.8 Å². The molecule has 0 radical (unpaired) electrons. The van der Waals surface area contributed by atoms with Crippen molar-refractivity contribution < 1.29 is 4.74 Å². The van der Waals surface area contributed by atoms with Gasteiger partial charge in [-0.2, -0.15) is 0 Å². The molecule has 106 valence electrons. The van der Waals surface area contributed by atoms with Crippen molar-refractivity contribution in [2.24, 2.45) is 0 Å². The van der Waals surface area contributed by atoms with Crippen LogP contribution in [-0.4, -0.2) is 32.9 Å². The molecule has 0 aliphatic carbocycles. The van der Waals surface area contributed by atoms with Gasteiger partial charge in [0.15, 0.2) is 5.82 Å². The highest BCUT2D eigenvalue weighted by atomic mass is 16.5. The van der Waals surface area contributed by atoms with Gasteiger partial charge in [0.25, 0.3) is 0 Å². The number of tetrazole rings is 1. The van der Waals surface area contributed by atoms with Crippen molar-refractivity contribution in [3.05, 3.63) is 24.3 Å². The Kier molecular flexibility index (Phi) is 3.92. The molecule has 2 heterocycles. The Morgan fingerprint density at radius 1 is 1.30 bits per heavy atom. The van der Waals surface area contributed by atoms with Crippen molar-refractivity contribution in [1.29, 1.82) is 0 Å². The number of ether oxygens (including phenoxy) is 1. The number of nitrogen functional groups attached to an aromatic ring is 1. The maximum atomic E-state index is 5.99. The third-order valence-electron chi connectivity index (χ3n) is 3.67. The fraction of sp³-hybridized carbons (Fsp3) is 0.500. The van der Waals surface area contributed by atoms with Crippen LogP contribution in [0.5, 0.6) is 0 Å². The highest BCUT2D eigenvalue weighted by molar-refractivity contribution is 5.70. The first-order valence-electron chi connectivity index (χ1n) is 7.07. The minimum Gasteiger partial charge on any atom is -0.398 e. The molecule has 6 nitrogen and oxygen atoms in total. The van der Waals surface area contributed by atoms with Crippen molar-refractivity contribution in [2.75, 3.05) is 12.3 Å². The molecule has 1 fully saturated rings. The van der Waals surface area contributed by atoms with Crippen molar-refractivity contribution >= 4 is 5.69 Å². The summed E-state index contributed by atoms with van der Waals surface area (Å²) in [5.74, 6) is 0.721. The van der Waals surface area contributed by atoms with Crippen LogP contribution in [0.15, 0.2) is 24.3 Å². The molecule has 20 heavy (non-hydrogen) atoms. The van der Waals surface area contributed by atoms with Gasteiger partial charge in [-0.3, -0.25) is 0 Å². The molecule has 2 N–H and O–H groups in total. The zero-order valence-electron chi connectivity index (χ0n) is 11.4. The second-order valence-corrected chi connectivity index (χ2v) is 5.09. The summed E-state index contributed by atoms with van der Waals surface area (Å²) in [4.78, 5) is 0. The van der Waals surface area contributed by atoms with Gasteiger partial charge in [-0.05, 0) is 48.2 Å². The number of nitrogens with two attached hydrogens (primary N) is 1. The summed E-state index contributed by atoms with van der Waals surface area (Å²) in [6, 6.07) is 7.64. The summed E-state index contributed by atoms with van der Waals surface area (Å²) < 4.78 is 7.55. The Hall–Kier alpha value is -1.95. The number of nitrogens with zero attached hydrogens (tertiary/aromatic N) is 4. The first kappa shape index (κ1) is 13.1. The molecular formula is C14H19N5O. The van der Waals surface area contributed by atoms with Crippen molar-refractivity contribution in [3.63, 3.8) is 0 Å². The molecule has 1 atom stereocenters. The first-order valence-corrected chi connectivity index (χ1v) is 7.07. The summed E-state index contributed by atoms with van der Waals surface area (Å²) >= 11 is 0. The lowest BCUT2D eigenvalue weighted by Crippen LogP contribution is -2.21. The highest BCUT2D eigenvalue weighted by Crippen LogP contribution is 2.23. The minimum absolute atomic E-state index is 0.328. The van der Waals surface area contributed by atoms with Crippen molar-refractivity contribution in [3.8, 4) is 11.4 Å². The molecule has 1 aromatic carbocycles. The van der Waals surface area contributed by atoms with Gasteiger partial charge in [0, 0.05) is 24.4 Å². The average Bonchev–Trinajstić information content (AvgIpc) is 2.95. The van der Waals surface area contributed by atoms with Crippen LogP contribution in [0.25, 0.3) is 11.4 Å². The minimum atomic E-state index is 0.328. The van der Waals surface area contributed by atoms with Crippen LogP contribution in [0.3, 0.4) is 0 Å². The average molecular weight is 273 g/mol. The number of rotatable bonds is 4. The molecule has 3 rings (SSSR count). The number of hydrogen-bond acceptors (Lipinski definition) is 5. The normalized spacial score (nSPS) is 19.1. The van der Waals surface area contributed by atoms with E-state index in [4.69, 9.17) is 10.5 Å². The van der Waals surface area contributed by atoms with E-state index in [1.54, 1.807) is 0 Å². The first-order chi connectivity index (χ1) is 9.84. The highest BCUT2D eigenvalue weighted by Gasteiger charge is 2.16. The summed E-state index contributed by atoms with van der Waals surface area (Å²) in [5, 5.41) is 11.9. The SMILES string of the molecule is Nc1ccccc1-c1nnnn1CCC1CCCCO1. The lowest BCUT2D eigenvalue weighted by atomic mass is 10.1. The van der Waals surface area contributed by atoms with Crippen LogP contribution in [0.1, 0.15) is 25.7 Å². The number of anilines is 1. The molecule has 0 spiro atoms. The van der Waals surface area contributed by atoms with Gasteiger partial charge in [-0.15, -0.1) is 5.10 Å². The van der Waals surface area contributed by atoms with E-state index in [2.05, 4.69) is 15.5 Å². The fourth-order valence-electron chi connectivity index (χ4n) is 2.55. The predicted octanol–water partition coefficient (Wildman–Crippen LogP) is 1.88. The number of hydrogen-bond donors (Lipinski definition) is 1. The van der Waals surface area contributed by atoms with E-state index < -0.39 is 0 Å². The molecule has 1 aliphatic heterocycles. The van der Waals surface area contributed by atoms with Gasteiger partial charge >= 0.3 is 0 Å². The second-order valence-electron chi connectivity index (χ2n) is 5.09. The van der Waals surface area contributed by atoms with Crippen LogP contribution in [-0.2, 0) is 11.3 Å². The quantitative estimate of drug-likeness (QED) is 0.860. The molecule has 1 aliphatic rings. The lowest BCUT2D eigenvalue weighted by molar-refractivity contribution is 0.00828. The Balaban J connectivity index is 1.72. The molecule has 1 unspecified atom stereocenters. The summed E-state index contributed by atoms with van der Waals surface area (Å²) in [5.41, 5.74) is 7.56. The van der Waals surface area contributed by atoms with Crippen LogP contribution >= 0.6 is 0 Å². The maximum Gasteiger partial charge on any atom is 0.184 e. The van der Waals surface area contributed by atoms with E-state index in [9.17, 15) is 0 Å². The Labute approximate surface area is 117 Å². The standard InChI is InChI=1S/C14H19N5O/c15-13-7-2-1-6-12(13)14-16-17-18-19(14)9-8-11-5-3-4-10-20-11/h1-2,6-7,11H,3-5,8-10,15H2. The topological polar surface area (TPSA) is 78.9 Å². The van der Waals surface area contributed by atoms with E-state index in [0.717, 1.165) is 37.4 Å². The van der Waals surface area contributed by atoms with Gasteiger partial charge in [0.2, 0.25) is 0 Å². The van der Waals surface area contributed by atoms with Gasteiger partial charge < -0.3 is 10.5 Å². The fourth-order valence-corrected chi connectivity index (χ4v) is 2.55. The zero-order chi connectivity index (χ0) is 13.8. The van der Waals surface area contributed by atoms with Gasteiger partial charge in [-0.25, -0.2) is 4.68 Å². The Morgan fingerprint density at radius 2 is 2.20 bits per heavy atom. The van der Waals surface area contributed by atoms with Crippen LogP contribution in [0, 0.1) is 0 Å². The second kappa shape index (κ2) is 6.00. The van der Waals surface area contributed by atoms with E-state index in [-0.39, 0.29) is 0 Å². The van der Waals surface area contributed by atoms with Gasteiger partial charge in [0.05, 0.1) is 6.10 Å². The smallest absolute Gasteiger partial charge is 0.184 e. The molecule has 1 saturated heterocycles. The monoisotopic (exact) mass is 273 g/mol. The van der Waals surface area contributed by atoms with E-state index in [1.807, 2.05) is 28.9 Å². The summed E-state index contributed by atoms with van der Waals surface area (Å²) in [6.07, 6.45) is 4.82. The largest absolute Gasteiger partial charge is 0.398 e. The molecular weight excluding hydrogens is 254 g/mol. The number of benzene rings is 1. The van der Waals surface area contributed by atoms with Crippen LogP contribution in [0.4, 0.5) is 5.69 Å². The molecule has 0 amide bonds. The van der Waals surface area contributed by atoms with Gasteiger partial charge in [0.1, 0.15) is 0 Å². The molecule has 0 bridgehead atoms. The molecule has 6 heteroatoms. The predicted molar refractivity (Wildman–Crippen MR) is 75.9 cm³/mol. The van der Waals surface area contributed by atoms with Crippen molar-refractivity contribution in [1.82, 2.24) is 20.2 Å². The lowest BCUT2D eigenvalue weighted by Gasteiger charge is -2.22. The number of para-hydroxylation sites is 1. The van der Waals surface area contributed by atoms with E-state index >= 15 is 0 Å². The number of aryl methyl sites for hydroxylation is 1. The van der Waals surface area contributed by atoms with Crippen LogP contribution in [0.2, 0.25) is 0 Å². The zero-order valence-corrected chi connectivity index (χ0v) is 11.4.